The minimum Gasteiger partial charge on any atom is -0.335 e. The molecule has 0 N–H and O–H groups in total. The van der Waals surface area contributed by atoms with Crippen molar-refractivity contribution in [2.75, 3.05) is 11.9 Å². The van der Waals surface area contributed by atoms with Crippen LogP contribution in [0.3, 0.4) is 0 Å². The van der Waals surface area contributed by atoms with Crippen LogP contribution in [0.2, 0.25) is 0 Å². The van der Waals surface area contributed by atoms with Gasteiger partial charge in [-0.25, -0.2) is 0 Å². The van der Waals surface area contributed by atoms with E-state index in [9.17, 15) is 4.79 Å². The molecule has 1 aliphatic heterocycles. The van der Waals surface area contributed by atoms with Crippen molar-refractivity contribution >= 4 is 33.2 Å². The van der Waals surface area contributed by atoms with Gasteiger partial charge in [0.2, 0.25) is 0 Å². The molecular weight excluding hydrogens is 288 g/mol. The molecule has 0 aromatic carbocycles. The first-order valence-corrected chi connectivity index (χ1v) is 7.58. The van der Waals surface area contributed by atoms with Crippen LogP contribution in [0, 0.1) is 0 Å². The minimum atomic E-state index is 0.166. The fourth-order valence-corrected chi connectivity index (χ4v) is 3.08. The van der Waals surface area contributed by atoms with Crippen molar-refractivity contribution in [1.82, 2.24) is 9.88 Å². The number of likely N-dealkylation sites (tertiary alicyclic amines) is 1. The number of thiazole rings is 1. The lowest BCUT2D eigenvalue weighted by molar-refractivity contribution is 0.0735. The Hall–Kier alpha value is -0.420. The molecule has 0 aliphatic carbocycles. The summed E-state index contributed by atoms with van der Waals surface area (Å²) in [7, 11) is 0. The zero-order valence-corrected chi connectivity index (χ0v) is 11.5. The predicted molar refractivity (Wildman–Crippen MR) is 69.2 cm³/mol. The average molecular weight is 303 g/mol. The molecule has 1 unspecified atom stereocenters. The Morgan fingerprint density at radius 3 is 3.25 bits per heavy atom. The molecule has 0 bridgehead atoms. The molecule has 3 nitrogen and oxygen atoms in total. The number of rotatable bonds is 4. The molecule has 2 heterocycles. The maximum Gasteiger partial charge on any atom is 0.265 e. The van der Waals surface area contributed by atoms with Crippen LogP contribution in [-0.4, -0.2) is 33.7 Å². The lowest BCUT2D eigenvalue weighted by Gasteiger charge is -2.23. The van der Waals surface area contributed by atoms with E-state index in [1.54, 1.807) is 11.7 Å². The lowest BCUT2D eigenvalue weighted by atomic mass is 10.1. The Labute approximate surface area is 108 Å². The lowest BCUT2D eigenvalue weighted by Crippen LogP contribution is -2.35. The SMILES string of the molecule is O=C(c1cncs1)N1CCCC1CCCBr. The molecule has 16 heavy (non-hydrogen) atoms. The normalized spacial score (nSPS) is 20.3. The molecule has 1 aliphatic rings. The topological polar surface area (TPSA) is 33.2 Å². The van der Waals surface area contributed by atoms with Crippen molar-refractivity contribution in [2.45, 2.75) is 31.7 Å². The molecule has 1 atom stereocenters. The van der Waals surface area contributed by atoms with Gasteiger partial charge in [-0.2, -0.15) is 0 Å². The molecule has 88 valence electrons. The van der Waals surface area contributed by atoms with Crippen molar-refractivity contribution in [3.8, 4) is 0 Å². The summed E-state index contributed by atoms with van der Waals surface area (Å²) < 4.78 is 0. The summed E-state index contributed by atoms with van der Waals surface area (Å²) >= 11 is 4.87. The molecule has 1 aromatic rings. The molecule has 0 spiro atoms. The largest absolute Gasteiger partial charge is 0.335 e. The van der Waals surface area contributed by atoms with Crippen LogP contribution in [0.15, 0.2) is 11.7 Å². The van der Waals surface area contributed by atoms with E-state index in [4.69, 9.17) is 0 Å². The van der Waals surface area contributed by atoms with Gasteiger partial charge in [0, 0.05) is 17.9 Å². The van der Waals surface area contributed by atoms with E-state index >= 15 is 0 Å². The van der Waals surface area contributed by atoms with Gasteiger partial charge in [0.1, 0.15) is 4.88 Å². The van der Waals surface area contributed by atoms with E-state index in [-0.39, 0.29) is 5.91 Å². The Bertz CT molecular complexity index is 342. The third-order valence-corrected chi connectivity index (χ3v) is 4.27. The number of aromatic nitrogens is 1. The summed E-state index contributed by atoms with van der Waals surface area (Å²) in [6.07, 6.45) is 6.20. The highest BCUT2D eigenvalue weighted by molar-refractivity contribution is 9.09. The highest BCUT2D eigenvalue weighted by Gasteiger charge is 2.29. The molecular formula is C11H15BrN2OS. The Kier molecular flexibility index (Phi) is 4.35. The number of amides is 1. The van der Waals surface area contributed by atoms with Crippen LogP contribution < -0.4 is 0 Å². The van der Waals surface area contributed by atoms with Crippen molar-refractivity contribution in [3.63, 3.8) is 0 Å². The number of hydrogen-bond acceptors (Lipinski definition) is 3. The zero-order valence-electron chi connectivity index (χ0n) is 9.06. The number of halogens is 1. The van der Waals surface area contributed by atoms with Gasteiger partial charge < -0.3 is 4.90 Å². The zero-order chi connectivity index (χ0) is 11.4. The summed E-state index contributed by atoms with van der Waals surface area (Å²) in [6.45, 7) is 0.906. The minimum absolute atomic E-state index is 0.166. The molecule has 0 saturated carbocycles. The van der Waals surface area contributed by atoms with E-state index in [0.29, 0.717) is 6.04 Å². The molecule has 1 saturated heterocycles. The second-order valence-electron chi connectivity index (χ2n) is 3.99. The molecule has 2 rings (SSSR count). The molecule has 1 aromatic heterocycles. The smallest absolute Gasteiger partial charge is 0.265 e. The van der Waals surface area contributed by atoms with E-state index in [2.05, 4.69) is 20.9 Å². The molecule has 0 radical (unpaired) electrons. The molecule has 1 amide bonds. The quantitative estimate of drug-likeness (QED) is 0.801. The van der Waals surface area contributed by atoms with E-state index in [1.165, 1.54) is 11.3 Å². The van der Waals surface area contributed by atoms with E-state index in [1.807, 2.05) is 4.90 Å². The van der Waals surface area contributed by atoms with Crippen LogP contribution in [0.1, 0.15) is 35.4 Å². The highest BCUT2D eigenvalue weighted by Crippen LogP contribution is 2.24. The maximum atomic E-state index is 12.2. The van der Waals surface area contributed by atoms with Crippen LogP contribution in [-0.2, 0) is 0 Å². The highest BCUT2D eigenvalue weighted by atomic mass is 79.9. The van der Waals surface area contributed by atoms with Crippen molar-refractivity contribution < 1.29 is 4.79 Å². The third kappa shape index (κ3) is 2.63. The van der Waals surface area contributed by atoms with Gasteiger partial charge in [0.05, 0.1) is 11.7 Å². The number of carbonyl (C=O) groups is 1. The Balaban J connectivity index is 1.99. The molecule has 5 heteroatoms. The van der Waals surface area contributed by atoms with Crippen molar-refractivity contribution in [2.24, 2.45) is 0 Å². The summed E-state index contributed by atoms with van der Waals surface area (Å²) in [5, 5.41) is 1.02. The number of nitrogens with zero attached hydrogens (tertiary/aromatic N) is 2. The monoisotopic (exact) mass is 302 g/mol. The second kappa shape index (κ2) is 5.77. The summed E-state index contributed by atoms with van der Waals surface area (Å²) in [4.78, 5) is 18.9. The van der Waals surface area contributed by atoms with Crippen LogP contribution in [0.25, 0.3) is 0 Å². The van der Waals surface area contributed by atoms with Gasteiger partial charge in [-0.05, 0) is 25.7 Å². The maximum absolute atomic E-state index is 12.2. The van der Waals surface area contributed by atoms with Crippen molar-refractivity contribution in [1.29, 1.82) is 0 Å². The average Bonchev–Trinajstić information content (AvgIpc) is 2.96. The van der Waals surface area contributed by atoms with Gasteiger partial charge in [0.25, 0.3) is 5.91 Å². The number of carbonyl (C=O) groups excluding carboxylic acids is 1. The van der Waals surface area contributed by atoms with Crippen LogP contribution >= 0.6 is 27.3 Å². The Morgan fingerprint density at radius 2 is 2.56 bits per heavy atom. The van der Waals surface area contributed by atoms with Crippen LogP contribution in [0.5, 0.6) is 0 Å². The van der Waals surface area contributed by atoms with Gasteiger partial charge in [-0.15, -0.1) is 11.3 Å². The van der Waals surface area contributed by atoms with Crippen molar-refractivity contribution in [3.05, 3.63) is 16.6 Å². The standard InChI is InChI=1S/C11H15BrN2OS/c12-5-1-3-9-4-2-6-14(9)11(15)10-7-13-8-16-10/h7-9H,1-6H2. The summed E-state index contributed by atoms with van der Waals surface area (Å²) in [5.74, 6) is 0.166. The first-order valence-electron chi connectivity index (χ1n) is 5.58. The number of hydrogen-bond donors (Lipinski definition) is 0. The first kappa shape index (κ1) is 12.0. The van der Waals surface area contributed by atoms with Gasteiger partial charge in [-0.1, -0.05) is 15.9 Å². The fourth-order valence-electron chi connectivity index (χ4n) is 2.18. The van der Waals surface area contributed by atoms with E-state index < -0.39 is 0 Å². The first-order chi connectivity index (χ1) is 7.83. The van der Waals surface area contributed by atoms with Gasteiger partial charge in [-0.3, -0.25) is 9.78 Å². The molecule has 1 fully saturated rings. The second-order valence-corrected chi connectivity index (χ2v) is 5.67. The Morgan fingerprint density at radius 1 is 1.69 bits per heavy atom. The fraction of sp³-hybridized carbons (Fsp3) is 0.636. The van der Waals surface area contributed by atoms with Crippen LogP contribution in [0.4, 0.5) is 0 Å². The van der Waals surface area contributed by atoms with E-state index in [0.717, 1.165) is 42.4 Å². The summed E-state index contributed by atoms with van der Waals surface area (Å²) in [5.41, 5.74) is 1.72. The predicted octanol–water partition coefficient (Wildman–Crippen LogP) is 2.92. The third-order valence-electron chi connectivity index (χ3n) is 2.95. The van der Waals surface area contributed by atoms with Gasteiger partial charge in [0.15, 0.2) is 0 Å². The van der Waals surface area contributed by atoms with Gasteiger partial charge >= 0.3 is 0 Å². The summed E-state index contributed by atoms with van der Waals surface area (Å²) in [6, 6.07) is 0.437. The number of alkyl halides is 1.